The molecular weight excluding hydrogens is 224 g/mol. The maximum atomic E-state index is 5.49. The summed E-state index contributed by atoms with van der Waals surface area (Å²) in [7, 11) is 1.77. The van der Waals surface area contributed by atoms with E-state index in [0.717, 1.165) is 24.9 Å². The molecule has 1 N–H and O–H groups in total. The Hall–Kier alpha value is -1.06. The first-order valence-corrected chi connectivity index (χ1v) is 6.83. The summed E-state index contributed by atoms with van der Waals surface area (Å²) in [6.45, 7) is 6.77. The fourth-order valence-corrected chi connectivity index (χ4v) is 4.38. The van der Waals surface area contributed by atoms with Crippen LogP contribution in [-0.2, 0) is 5.54 Å². The molecule has 3 heterocycles. The van der Waals surface area contributed by atoms with Gasteiger partial charge in [-0.15, -0.1) is 0 Å². The summed E-state index contributed by atoms with van der Waals surface area (Å²) in [5.41, 5.74) is 4.55. The van der Waals surface area contributed by atoms with E-state index in [-0.39, 0.29) is 5.54 Å². The third-order valence-electron chi connectivity index (χ3n) is 5.16. The van der Waals surface area contributed by atoms with Gasteiger partial charge in [-0.3, -0.25) is 4.90 Å². The third kappa shape index (κ3) is 1.08. The minimum atomic E-state index is 0.282. The van der Waals surface area contributed by atoms with Crippen LogP contribution in [0.3, 0.4) is 0 Å². The first-order valence-electron chi connectivity index (χ1n) is 6.83. The van der Waals surface area contributed by atoms with E-state index in [9.17, 15) is 0 Å². The van der Waals surface area contributed by atoms with Crippen LogP contribution in [0.15, 0.2) is 12.1 Å². The van der Waals surface area contributed by atoms with Crippen molar-refractivity contribution in [3.63, 3.8) is 0 Å². The van der Waals surface area contributed by atoms with Crippen LogP contribution in [0.4, 0.5) is 0 Å². The van der Waals surface area contributed by atoms with Gasteiger partial charge in [-0.1, -0.05) is 6.07 Å². The lowest BCUT2D eigenvalue weighted by Gasteiger charge is -2.57. The molecule has 4 rings (SSSR count). The van der Waals surface area contributed by atoms with Gasteiger partial charge in [-0.05, 0) is 43.0 Å². The van der Waals surface area contributed by atoms with Crippen LogP contribution in [0.1, 0.15) is 36.1 Å². The average molecular weight is 244 g/mol. The summed E-state index contributed by atoms with van der Waals surface area (Å²) in [4.78, 5) is 2.72. The number of ether oxygens (including phenoxy) is 1. The molecule has 3 aliphatic rings. The molecule has 0 spiro atoms. The number of benzene rings is 1. The zero-order chi connectivity index (χ0) is 12.5. The van der Waals surface area contributed by atoms with E-state index in [4.69, 9.17) is 4.74 Å². The van der Waals surface area contributed by atoms with Gasteiger partial charge in [0.15, 0.2) is 0 Å². The Balaban J connectivity index is 1.90. The minimum Gasteiger partial charge on any atom is -0.496 e. The highest BCUT2D eigenvalue weighted by Gasteiger charge is 2.59. The van der Waals surface area contributed by atoms with E-state index >= 15 is 0 Å². The Labute approximate surface area is 108 Å². The predicted octanol–water partition coefficient (Wildman–Crippen LogP) is 1.95. The third-order valence-corrected chi connectivity index (χ3v) is 5.16. The van der Waals surface area contributed by atoms with Gasteiger partial charge >= 0.3 is 0 Å². The van der Waals surface area contributed by atoms with E-state index in [0.29, 0.717) is 6.04 Å². The van der Waals surface area contributed by atoms with Crippen molar-refractivity contribution in [3.8, 4) is 5.75 Å². The van der Waals surface area contributed by atoms with Gasteiger partial charge < -0.3 is 10.1 Å². The number of nitrogens with one attached hydrogen (secondary N) is 1. The second kappa shape index (κ2) is 3.28. The zero-order valence-electron chi connectivity index (χ0n) is 11.3. The molecule has 0 radical (unpaired) electrons. The Bertz CT molecular complexity index is 527. The molecule has 0 bridgehead atoms. The van der Waals surface area contributed by atoms with Crippen LogP contribution in [0.5, 0.6) is 5.75 Å². The molecule has 3 unspecified atom stereocenters. The lowest BCUT2D eigenvalue weighted by atomic mass is 9.76. The average Bonchev–Trinajstić information content (AvgIpc) is 2.56. The normalized spacial score (nSPS) is 36.8. The Morgan fingerprint density at radius 3 is 3.00 bits per heavy atom. The Morgan fingerprint density at radius 1 is 1.39 bits per heavy atom. The first-order chi connectivity index (χ1) is 8.65. The number of piperazine rings is 1. The summed E-state index contributed by atoms with van der Waals surface area (Å²) in [5, 5.41) is 3.57. The van der Waals surface area contributed by atoms with Crippen molar-refractivity contribution in [2.75, 3.05) is 20.2 Å². The number of aryl methyl sites for hydroxylation is 1. The largest absolute Gasteiger partial charge is 0.496 e. The topological polar surface area (TPSA) is 24.5 Å². The molecule has 18 heavy (non-hydrogen) atoms. The maximum Gasteiger partial charge on any atom is 0.122 e. The molecule has 3 aliphatic heterocycles. The molecular formula is C15H20N2O. The molecule has 3 atom stereocenters. The molecule has 1 aromatic rings. The molecule has 0 amide bonds. The number of nitrogens with zero attached hydrogens (tertiary/aromatic N) is 1. The van der Waals surface area contributed by atoms with Gasteiger partial charge in [-0.2, -0.15) is 0 Å². The quantitative estimate of drug-likeness (QED) is 0.817. The lowest BCUT2D eigenvalue weighted by molar-refractivity contribution is -0.0968. The van der Waals surface area contributed by atoms with Crippen molar-refractivity contribution < 1.29 is 4.74 Å². The van der Waals surface area contributed by atoms with Crippen molar-refractivity contribution in [2.24, 2.45) is 0 Å². The molecule has 2 fully saturated rings. The van der Waals surface area contributed by atoms with E-state index in [2.05, 4.69) is 36.2 Å². The van der Waals surface area contributed by atoms with E-state index in [1.54, 1.807) is 7.11 Å². The lowest BCUT2D eigenvalue weighted by Crippen LogP contribution is -2.66. The van der Waals surface area contributed by atoms with Gasteiger partial charge in [0, 0.05) is 30.7 Å². The van der Waals surface area contributed by atoms with Gasteiger partial charge in [0.25, 0.3) is 0 Å². The molecule has 3 nitrogen and oxygen atoms in total. The van der Waals surface area contributed by atoms with Crippen LogP contribution < -0.4 is 10.1 Å². The van der Waals surface area contributed by atoms with Crippen molar-refractivity contribution in [3.05, 3.63) is 28.8 Å². The van der Waals surface area contributed by atoms with Gasteiger partial charge in [0.2, 0.25) is 0 Å². The highest BCUT2D eigenvalue weighted by molar-refractivity contribution is 5.52. The van der Waals surface area contributed by atoms with Crippen molar-refractivity contribution in [1.82, 2.24) is 10.2 Å². The fourth-order valence-electron chi connectivity index (χ4n) is 4.38. The number of hydrogen-bond acceptors (Lipinski definition) is 3. The van der Waals surface area contributed by atoms with Crippen LogP contribution in [0, 0.1) is 6.92 Å². The number of rotatable bonds is 1. The van der Waals surface area contributed by atoms with Crippen LogP contribution in [-0.4, -0.2) is 31.1 Å². The maximum absolute atomic E-state index is 5.49. The summed E-state index contributed by atoms with van der Waals surface area (Å²) < 4.78 is 5.49. The standard InChI is InChI=1S/C15H20N2O/c1-9-4-12-11(5-14(9)18-3)13-8-16-7-10-6-15(12,2)17(10)13/h4-5,10,13,16H,6-8H2,1-3H3. The Kier molecular flexibility index (Phi) is 1.97. The van der Waals surface area contributed by atoms with Gasteiger partial charge in [0.1, 0.15) is 5.75 Å². The van der Waals surface area contributed by atoms with Crippen molar-refractivity contribution in [1.29, 1.82) is 0 Å². The molecule has 3 heteroatoms. The van der Waals surface area contributed by atoms with E-state index in [1.165, 1.54) is 23.1 Å². The number of fused-ring (bicyclic) bond motifs is 3. The van der Waals surface area contributed by atoms with Crippen LogP contribution in [0.2, 0.25) is 0 Å². The van der Waals surface area contributed by atoms with Crippen molar-refractivity contribution >= 4 is 0 Å². The van der Waals surface area contributed by atoms with Gasteiger partial charge in [0.05, 0.1) is 7.11 Å². The second-order valence-electron chi connectivity index (χ2n) is 6.12. The molecule has 0 saturated carbocycles. The van der Waals surface area contributed by atoms with E-state index in [1.807, 2.05) is 0 Å². The summed E-state index contributed by atoms with van der Waals surface area (Å²) in [6.07, 6.45) is 1.29. The van der Waals surface area contributed by atoms with Crippen LogP contribution >= 0.6 is 0 Å². The molecule has 2 saturated heterocycles. The van der Waals surface area contributed by atoms with Crippen molar-refractivity contribution in [2.45, 2.75) is 37.9 Å². The fraction of sp³-hybridized carbons (Fsp3) is 0.600. The number of methoxy groups -OCH3 is 1. The molecule has 0 aromatic heterocycles. The molecule has 1 aromatic carbocycles. The second-order valence-corrected chi connectivity index (χ2v) is 6.12. The van der Waals surface area contributed by atoms with Crippen LogP contribution in [0.25, 0.3) is 0 Å². The predicted molar refractivity (Wildman–Crippen MR) is 70.9 cm³/mol. The zero-order valence-corrected chi connectivity index (χ0v) is 11.3. The highest BCUT2D eigenvalue weighted by Crippen LogP contribution is 2.58. The minimum absolute atomic E-state index is 0.282. The summed E-state index contributed by atoms with van der Waals surface area (Å²) in [6, 6.07) is 5.89. The monoisotopic (exact) mass is 244 g/mol. The summed E-state index contributed by atoms with van der Waals surface area (Å²) >= 11 is 0. The molecule has 96 valence electrons. The number of hydrogen-bond donors (Lipinski definition) is 1. The smallest absolute Gasteiger partial charge is 0.122 e. The van der Waals surface area contributed by atoms with E-state index < -0.39 is 0 Å². The highest BCUT2D eigenvalue weighted by atomic mass is 16.5. The van der Waals surface area contributed by atoms with Gasteiger partial charge in [-0.25, -0.2) is 0 Å². The SMILES string of the molecule is COc1cc2c(cc1C)C1(C)CC3CNCC2N31. The first kappa shape index (κ1) is 10.8. The molecule has 0 aliphatic carbocycles. The Morgan fingerprint density at radius 2 is 2.22 bits per heavy atom. The summed E-state index contributed by atoms with van der Waals surface area (Å²) in [5.74, 6) is 1.03.